The smallest absolute Gasteiger partial charge is 0.410 e. The maximum atomic E-state index is 13.6. The molecule has 0 saturated carbocycles. The van der Waals surface area contributed by atoms with Crippen LogP contribution in [0.1, 0.15) is 39.1 Å². The molecule has 0 unspecified atom stereocenters. The van der Waals surface area contributed by atoms with Gasteiger partial charge in [-0.05, 0) is 38.5 Å². The van der Waals surface area contributed by atoms with Gasteiger partial charge in [-0.1, -0.05) is 37.7 Å². The lowest BCUT2D eigenvalue weighted by atomic mass is 10.1. The Morgan fingerprint density at radius 3 is 2.29 bits per heavy atom. The van der Waals surface area contributed by atoms with Gasteiger partial charge >= 0.3 is 6.09 Å². The van der Waals surface area contributed by atoms with Gasteiger partial charge in [0.1, 0.15) is 19.5 Å². The topological polar surface area (TPSA) is 58.2 Å². The van der Waals surface area contributed by atoms with Crippen LogP contribution < -0.4 is 0 Å². The van der Waals surface area contributed by atoms with Crippen LogP contribution in [0.2, 0.25) is 19.6 Å². The van der Waals surface area contributed by atoms with Crippen molar-refractivity contribution >= 4 is 14.2 Å². The van der Waals surface area contributed by atoms with Gasteiger partial charge in [-0.15, -0.1) is 5.54 Å². The molecule has 0 aliphatic heterocycles. The summed E-state index contributed by atoms with van der Waals surface area (Å²) in [6.45, 7) is 11.5. The second-order valence-electron chi connectivity index (χ2n) is 9.73. The molecule has 0 bridgehead atoms. The molecule has 0 fully saturated rings. The number of nitrogens with zero attached hydrogens (tertiary/aromatic N) is 2. The Hall–Kier alpha value is -2.66. The first-order valence-electron chi connectivity index (χ1n) is 10.1. The van der Waals surface area contributed by atoms with E-state index in [0.29, 0.717) is 5.82 Å². The first-order chi connectivity index (χ1) is 14.1. The third-order valence-electron chi connectivity index (χ3n) is 3.87. The zero-order valence-corrected chi connectivity index (χ0v) is 20.3. The van der Waals surface area contributed by atoms with E-state index in [-0.39, 0.29) is 6.54 Å². The van der Waals surface area contributed by atoms with E-state index in [9.17, 15) is 13.6 Å². The van der Waals surface area contributed by atoms with Crippen LogP contribution in [0.4, 0.5) is 13.6 Å². The minimum atomic E-state index is -3.06. The summed E-state index contributed by atoms with van der Waals surface area (Å²) in [5.74, 6) is 0.544. The number of H-pyrrole nitrogens is 1. The van der Waals surface area contributed by atoms with Gasteiger partial charge in [-0.3, -0.25) is 4.90 Å². The highest BCUT2D eigenvalue weighted by molar-refractivity contribution is 6.83. The first-order valence-corrected chi connectivity index (χ1v) is 13.6. The molecule has 1 aromatic carbocycles. The summed E-state index contributed by atoms with van der Waals surface area (Å²) in [5, 5.41) is 0. The summed E-state index contributed by atoms with van der Waals surface area (Å²) in [5.41, 5.74) is 5.10. The maximum Gasteiger partial charge on any atom is 0.410 e. The van der Waals surface area contributed by atoms with Crippen LogP contribution in [0.5, 0.6) is 0 Å². The molecule has 2 aromatic rings. The Balaban J connectivity index is 2.17. The number of imidazole rings is 1. The minimum absolute atomic E-state index is 0.113. The second kappa shape index (κ2) is 9.23. The van der Waals surface area contributed by atoms with Gasteiger partial charge in [-0.25, -0.2) is 18.6 Å². The highest BCUT2D eigenvalue weighted by atomic mass is 28.3. The van der Waals surface area contributed by atoms with Crippen LogP contribution in [-0.4, -0.2) is 47.1 Å². The van der Waals surface area contributed by atoms with Crippen molar-refractivity contribution in [1.29, 1.82) is 0 Å². The van der Waals surface area contributed by atoms with Crippen LogP contribution in [0, 0.1) is 11.5 Å². The van der Waals surface area contributed by atoms with Gasteiger partial charge in [-0.2, -0.15) is 0 Å². The Morgan fingerprint density at radius 2 is 1.77 bits per heavy atom. The predicted octanol–water partition coefficient (Wildman–Crippen LogP) is 5.70. The molecule has 31 heavy (non-hydrogen) atoms. The summed E-state index contributed by atoms with van der Waals surface area (Å²) >= 11 is 0. The van der Waals surface area contributed by atoms with E-state index in [1.165, 1.54) is 0 Å². The van der Waals surface area contributed by atoms with Crippen molar-refractivity contribution in [3.63, 3.8) is 0 Å². The van der Waals surface area contributed by atoms with Crippen molar-refractivity contribution in [2.24, 2.45) is 0 Å². The monoisotopic (exact) mass is 447 g/mol. The highest BCUT2D eigenvalue weighted by Crippen LogP contribution is 2.21. The van der Waals surface area contributed by atoms with Gasteiger partial charge < -0.3 is 9.72 Å². The van der Waals surface area contributed by atoms with E-state index in [0.717, 1.165) is 28.6 Å². The minimum Gasteiger partial charge on any atom is -0.444 e. The van der Waals surface area contributed by atoms with Crippen molar-refractivity contribution in [2.75, 3.05) is 6.54 Å². The highest BCUT2D eigenvalue weighted by Gasteiger charge is 2.31. The van der Waals surface area contributed by atoms with E-state index < -0.39 is 32.2 Å². The summed E-state index contributed by atoms with van der Waals surface area (Å²) in [6.07, 6.45) is 0.812. The molecule has 0 aliphatic carbocycles. The van der Waals surface area contributed by atoms with Gasteiger partial charge in [0.05, 0.1) is 25.0 Å². The molecule has 2 rings (SSSR count). The number of rotatable bonds is 5. The van der Waals surface area contributed by atoms with Gasteiger partial charge in [0, 0.05) is 12.5 Å². The van der Waals surface area contributed by atoms with Crippen LogP contribution in [0.3, 0.4) is 0 Å². The summed E-state index contributed by atoms with van der Waals surface area (Å²) < 4.78 is 32.5. The number of carbonyl (C=O) groups excluding carboxylic acids is 1. The molecule has 0 radical (unpaired) electrons. The molecule has 1 N–H and O–H groups in total. The molecule has 1 heterocycles. The quantitative estimate of drug-likeness (QED) is 0.473. The standard InChI is InChI=1S/C23H31F2N3O2Si/c1-22(2,3)30-21(29)28(16-23(4,24)25)15-20-26-14-19(27-20)18-10-8-17(9-11-18)12-13-31(5,6)7/h8-11,14H,15-16H2,1-7H3,(H,26,27). The number of ether oxygens (including phenoxy) is 1. The maximum absolute atomic E-state index is 13.6. The summed E-state index contributed by atoms with van der Waals surface area (Å²) in [6, 6.07) is 7.73. The van der Waals surface area contributed by atoms with Crippen LogP contribution in [0.25, 0.3) is 11.3 Å². The van der Waals surface area contributed by atoms with Crippen LogP contribution >= 0.6 is 0 Å². The fourth-order valence-corrected chi connectivity index (χ4v) is 3.13. The zero-order valence-electron chi connectivity index (χ0n) is 19.3. The molecular weight excluding hydrogens is 416 g/mol. The third kappa shape index (κ3) is 8.93. The van der Waals surface area contributed by atoms with E-state index in [1.807, 2.05) is 24.3 Å². The number of aromatic nitrogens is 2. The van der Waals surface area contributed by atoms with E-state index >= 15 is 0 Å². The number of alkyl halides is 2. The molecule has 0 spiro atoms. The number of benzene rings is 1. The van der Waals surface area contributed by atoms with E-state index in [4.69, 9.17) is 4.74 Å². The Bertz CT molecular complexity index is 956. The second-order valence-corrected chi connectivity index (χ2v) is 14.5. The van der Waals surface area contributed by atoms with Crippen molar-refractivity contribution in [3.05, 3.63) is 41.9 Å². The molecule has 1 amide bonds. The Morgan fingerprint density at radius 1 is 1.16 bits per heavy atom. The number of carbonyl (C=O) groups is 1. The van der Waals surface area contributed by atoms with Crippen molar-refractivity contribution in [2.45, 2.75) is 65.4 Å². The van der Waals surface area contributed by atoms with Crippen molar-refractivity contribution < 1.29 is 18.3 Å². The molecule has 0 aliphatic rings. The number of hydrogen-bond donors (Lipinski definition) is 1. The largest absolute Gasteiger partial charge is 0.444 e. The molecule has 8 heteroatoms. The molecular formula is C23H31F2N3O2Si. The molecule has 0 saturated heterocycles. The zero-order chi connectivity index (χ0) is 23.4. The average molecular weight is 448 g/mol. The van der Waals surface area contributed by atoms with Gasteiger partial charge in [0.25, 0.3) is 5.92 Å². The number of amides is 1. The lowest BCUT2D eigenvalue weighted by Gasteiger charge is -2.28. The normalized spacial score (nSPS) is 12.2. The lowest BCUT2D eigenvalue weighted by Crippen LogP contribution is -2.42. The van der Waals surface area contributed by atoms with Crippen LogP contribution in [0.15, 0.2) is 30.5 Å². The number of halogens is 2. The molecule has 168 valence electrons. The first kappa shape index (κ1) is 24.6. The number of aromatic amines is 1. The third-order valence-corrected chi connectivity index (χ3v) is 4.74. The Labute approximate surface area is 184 Å². The van der Waals surface area contributed by atoms with E-state index in [2.05, 4.69) is 41.1 Å². The molecule has 5 nitrogen and oxygen atoms in total. The predicted molar refractivity (Wildman–Crippen MR) is 122 cm³/mol. The number of nitrogens with one attached hydrogen (secondary N) is 1. The number of hydrogen-bond acceptors (Lipinski definition) is 3. The van der Waals surface area contributed by atoms with E-state index in [1.54, 1.807) is 27.0 Å². The van der Waals surface area contributed by atoms with Gasteiger partial charge in [0.15, 0.2) is 0 Å². The fraction of sp³-hybridized carbons (Fsp3) is 0.478. The summed E-state index contributed by atoms with van der Waals surface area (Å²) in [7, 11) is -1.44. The summed E-state index contributed by atoms with van der Waals surface area (Å²) in [4.78, 5) is 20.7. The molecule has 1 aromatic heterocycles. The fourth-order valence-electron chi connectivity index (χ4n) is 2.61. The van der Waals surface area contributed by atoms with Crippen molar-refractivity contribution in [1.82, 2.24) is 14.9 Å². The SMILES string of the molecule is CC(F)(F)CN(Cc1ncc(-c2ccc(C#C[Si](C)(C)C)cc2)[nH]1)C(=O)OC(C)(C)C. The average Bonchev–Trinajstić information content (AvgIpc) is 3.05. The van der Waals surface area contributed by atoms with Crippen LogP contribution in [-0.2, 0) is 11.3 Å². The van der Waals surface area contributed by atoms with Gasteiger partial charge in [0.2, 0.25) is 0 Å². The Kier molecular flexibility index (Phi) is 7.32. The lowest BCUT2D eigenvalue weighted by molar-refractivity contribution is -0.0324. The molecule has 0 atom stereocenters. The van der Waals surface area contributed by atoms with Crippen molar-refractivity contribution in [3.8, 4) is 22.7 Å².